The average molecular weight is 381 g/mol. The Morgan fingerprint density at radius 1 is 1.12 bits per heavy atom. The van der Waals surface area contributed by atoms with Crippen molar-refractivity contribution < 1.29 is 18.0 Å². The van der Waals surface area contributed by atoms with Crippen LogP contribution in [0.5, 0.6) is 0 Å². The van der Waals surface area contributed by atoms with Crippen LogP contribution in [0, 0.1) is 0 Å². The molecule has 4 nitrogen and oxygen atoms in total. The van der Waals surface area contributed by atoms with E-state index in [-0.39, 0.29) is 10.7 Å². The molecule has 3 aromatic rings. The number of nitrogens with zero attached hydrogens (tertiary/aromatic N) is 2. The van der Waals surface area contributed by atoms with Gasteiger partial charge in [-0.15, -0.1) is 10.2 Å². The van der Waals surface area contributed by atoms with Crippen molar-refractivity contribution in [2.75, 3.05) is 5.32 Å². The molecule has 1 amide bonds. The second kappa shape index (κ2) is 7.16. The van der Waals surface area contributed by atoms with Gasteiger partial charge in [-0.2, -0.15) is 24.5 Å². The van der Waals surface area contributed by atoms with Crippen molar-refractivity contribution in [1.82, 2.24) is 10.2 Å². The standard InChI is InChI=1S/C16H10F3N3OS2/c17-16(18,19)12(10-4-2-1-3-5-10)8-13(23)20-15-22-21-14(25-15)11-6-7-24-9-11/h1-9H,(H,20,22,23)/b12-8+. The molecule has 0 spiro atoms. The number of benzene rings is 1. The molecular weight excluding hydrogens is 371 g/mol. The molecule has 0 bridgehead atoms. The molecule has 0 aliphatic rings. The number of alkyl halides is 3. The molecule has 0 unspecified atom stereocenters. The fourth-order valence-electron chi connectivity index (χ4n) is 2.00. The van der Waals surface area contributed by atoms with Crippen LogP contribution in [0.15, 0.2) is 53.2 Å². The number of allylic oxidation sites excluding steroid dienone is 1. The van der Waals surface area contributed by atoms with Crippen molar-refractivity contribution in [1.29, 1.82) is 0 Å². The normalized spacial score (nSPS) is 12.2. The molecule has 0 aliphatic carbocycles. The molecule has 2 heterocycles. The average Bonchev–Trinajstić information content (AvgIpc) is 3.23. The van der Waals surface area contributed by atoms with E-state index < -0.39 is 17.7 Å². The van der Waals surface area contributed by atoms with Crippen LogP contribution in [-0.2, 0) is 4.79 Å². The van der Waals surface area contributed by atoms with Crippen molar-refractivity contribution in [2.45, 2.75) is 6.18 Å². The van der Waals surface area contributed by atoms with E-state index >= 15 is 0 Å². The summed E-state index contributed by atoms with van der Waals surface area (Å²) >= 11 is 2.57. The van der Waals surface area contributed by atoms with E-state index in [1.54, 1.807) is 6.07 Å². The van der Waals surface area contributed by atoms with E-state index in [1.807, 2.05) is 16.8 Å². The summed E-state index contributed by atoms with van der Waals surface area (Å²) in [4.78, 5) is 12.0. The minimum absolute atomic E-state index is 0.0821. The molecule has 0 radical (unpaired) electrons. The number of amides is 1. The smallest absolute Gasteiger partial charge is 0.297 e. The number of carbonyl (C=O) groups excluding carboxylic acids is 1. The lowest BCUT2D eigenvalue weighted by molar-refractivity contribution is -0.112. The summed E-state index contributed by atoms with van der Waals surface area (Å²) in [6.07, 6.45) is -4.12. The van der Waals surface area contributed by atoms with Gasteiger partial charge in [-0.05, 0) is 17.0 Å². The number of thiophene rings is 1. The summed E-state index contributed by atoms with van der Waals surface area (Å²) < 4.78 is 39.7. The lowest BCUT2D eigenvalue weighted by Crippen LogP contribution is -2.16. The summed E-state index contributed by atoms with van der Waals surface area (Å²) in [7, 11) is 0. The first-order valence-corrected chi connectivity index (χ1v) is 8.71. The molecular formula is C16H10F3N3OS2. The molecule has 0 saturated heterocycles. The largest absolute Gasteiger partial charge is 0.417 e. The molecule has 1 aromatic carbocycles. The fourth-order valence-corrected chi connectivity index (χ4v) is 3.45. The quantitative estimate of drug-likeness (QED) is 0.657. The van der Waals surface area contributed by atoms with Crippen LogP contribution >= 0.6 is 22.7 Å². The van der Waals surface area contributed by atoms with Crippen LogP contribution in [-0.4, -0.2) is 22.3 Å². The zero-order chi connectivity index (χ0) is 17.9. The van der Waals surface area contributed by atoms with Crippen molar-refractivity contribution in [2.24, 2.45) is 0 Å². The van der Waals surface area contributed by atoms with Gasteiger partial charge in [0.25, 0.3) is 5.91 Å². The van der Waals surface area contributed by atoms with Gasteiger partial charge in [0, 0.05) is 17.0 Å². The molecule has 0 atom stereocenters. The van der Waals surface area contributed by atoms with Gasteiger partial charge < -0.3 is 0 Å². The van der Waals surface area contributed by atoms with Crippen LogP contribution in [0.1, 0.15) is 5.56 Å². The highest BCUT2D eigenvalue weighted by Crippen LogP contribution is 2.34. The zero-order valence-corrected chi connectivity index (χ0v) is 14.1. The maximum atomic E-state index is 13.2. The minimum Gasteiger partial charge on any atom is -0.297 e. The van der Waals surface area contributed by atoms with Crippen molar-refractivity contribution in [3.05, 3.63) is 58.8 Å². The second-order valence-corrected chi connectivity index (χ2v) is 6.59. The van der Waals surface area contributed by atoms with E-state index in [0.29, 0.717) is 11.1 Å². The molecule has 128 valence electrons. The lowest BCUT2D eigenvalue weighted by Gasteiger charge is -2.11. The first-order valence-electron chi connectivity index (χ1n) is 6.95. The van der Waals surface area contributed by atoms with Crippen LogP contribution in [0.4, 0.5) is 18.3 Å². The minimum atomic E-state index is -4.65. The van der Waals surface area contributed by atoms with Crippen molar-refractivity contribution in [3.63, 3.8) is 0 Å². The summed E-state index contributed by atoms with van der Waals surface area (Å²) in [5.41, 5.74) is -0.256. The van der Waals surface area contributed by atoms with Gasteiger partial charge in [-0.25, -0.2) is 0 Å². The van der Waals surface area contributed by atoms with Gasteiger partial charge in [-0.1, -0.05) is 41.7 Å². The molecule has 25 heavy (non-hydrogen) atoms. The second-order valence-electron chi connectivity index (χ2n) is 4.84. The topological polar surface area (TPSA) is 54.9 Å². The molecule has 0 fully saturated rings. The SMILES string of the molecule is O=C(/C=C(\c1ccccc1)C(F)(F)F)Nc1nnc(-c2ccsc2)s1. The predicted octanol–water partition coefficient (Wildman–Crippen LogP) is 4.85. The Morgan fingerprint density at radius 3 is 2.52 bits per heavy atom. The molecule has 2 aromatic heterocycles. The third-order valence-electron chi connectivity index (χ3n) is 3.09. The predicted molar refractivity (Wildman–Crippen MR) is 92.3 cm³/mol. The number of halogens is 3. The number of hydrogen-bond acceptors (Lipinski definition) is 5. The van der Waals surface area contributed by atoms with Gasteiger partial charge in [0.15, 0.2) is 0 Å². The van der Waals surface area contributed by atoms with Crippen LogP contribution in [0.3, 0.4) is 0 Å². The number of aromatic nitrogens is 2. The van der Waals surface area contributed by atoms with E-state index in [4.69, 9.17) is 0 Å². The summed E-state index contributed by atoms with van der Waals surface area (Å²) in [6.45, 7) is 0. The van der Waals surface area contributed by atoms with Gasteiger partial charge in [0.05, 0.1) is 5.57 Å². The number of carbonyl (C=O) groups is 1. The van der Waals surface area contributed by atoms with E-state index in [1.165, 1.54) is 35.6 Å². The first kappa shape index (κ1) is 17.3. The van der Waals surface area contributed by atoms with Crippen LogP contribution in [0.2, 0.25) is 0 Å². The van der Waals surface area contributed by atoms with Gasteiger partial charge >= 0.3 is 6.18 Å². The zero-order valence-electron chi connectivity index (χ0n) is 12.4. The fraction of sp³-hybridized carbons (Fsp3) is 0.0625. The Balaban J connectivity index is 1.81. The third kappa shape index (κ3) is 4.31. The monoisotopic (exact) mass is 381 g/mol. The highest BCUT2D eigenvalue weighted by Gasteiger charge is 2.35. The van der Waals surface area contributed by atoms with E-state index in [9.17, 15) is 18.0 Å². The summed E-state index contributed by atoms with van der Waals surface area (Å²) in [6, 6.07) is 8.99. The van der Waals surface area contributed by atoms with Gasteiger partial charge in [0.1, 0.15) is 5.01 Å². The Labute approximate surface area is 148 Å². The summed E-state index contributed by atoms with van der Waals surface area (Å²) in [5.74, 6) is -0.913. The van der Waals surface area contributed by atoms with Gasteiger partial charge in [0.2, 0.25) is 5.13 Å². The van der Waals surface area contributed by atoms with E-state index in [2.05, 4.69) is 15.5 Å². The van der Waals surface area contributed by atoms with Crippen molar-refractivity contribution in [3.8, 4) is 10.6 Å². The number of rotatable bonds is 4. The molecule has 0 aliphatic heterocycles. The Kier molecular flexibility index (Phi) is 4.95. The van der Waals surface area contributed by atoms with Crippen LogP contribution < -0.4 is 5.32 Å². The summed E-state index contributed by atoms with van der Waals surface area (Å²) in [5, 5.41) is 14.5. The first-order chi connectivity index (χ1) is 11.9. The Bertz CT molecular complexity index is 887. The number of nitrogens with one attached hydrogen (secondary N) is 1. The molecule has 3 rings (SSSR count). The highest BCUT2D eigenvalue weighted by molar-refractivity contribution is 7.19. The van der Waals surface area contributed by atoms with Crippen LogP contribution in [0.25, 0.3) is 16.1 Å². The van der Waals surface area contributed by atoms with E-state index in [0.717, 1.165) is 16.9 Å². The Morgan fingerprint density at radius 2 is 1.88 bits per heavy atom. The lowest BCUT2D eigenvalue weighted by atomic mass is 10.1. The third-order valence-corrected chi connectivity index (χ3v) is 4.66. The maximum absolute atomic E-state index is 13.2. The highest BCUT2D eigenvalue weighted by atomic mass is 32.1. The van der Waals surface area contributed by atoms with Gasteiger partial charge in [-0.3, -0.25) is 10.1 Å². The maximum Gasteiger partial charge on any atom is 0.417 e. The molecule has 1 N–H and O–H groups in total. The molecule has 9 heteroatoms. The number of hydrogen-bond donors (Lipinski definition) is 1. The van der Waals surface area contributed by atoms with Crippen molar-refractivity contribution >= 4 is 39.3 Å². The molecule has 0 saturated carbocycles. The Hall–Kier alpha value is -2.52. The number of anilines is 1.